The van der Waals surface area contributed by atoms with Gasteiger partial charge >= 0.3 is 0 Å². The van der Waals surface area contributed by atoms with Crippen LogP contribution in [-0.2, 0) is 10.0 Å². The fraction of sp³-hybridized carbons (Fsp3) is 0.480. The van der Waals surface area contributed by atoms with Gasteiger partial charge < -0.3 is 14.7 Å². The average Bonchev–Trinajstić information content (AvgIpc) is 2.84. The first-order valence-electron chi connectivity index (χ1n) is 11.7. The van der Waals surface area contributed by atoms with Crippen LogP contribution >= 0.6 is 0 Å². The molecule has 0 unspecified atom stereocenters. The number of amides is 1. The molecule has 0 N–H and O–H groups in total. The molecule has 178 valence electrons. The van der Waals surface area contributed by atoms with Crippen LogP contribution in [0.1, 0.15) is 35.2 Å². The van der Waals surface area contributed by atoms with Gasteiger partial charge in [-0.3, -0.25) is 4.79 Å². The maximum Gasteiger partial charge on any atom is 0.256 e. The van der Waals surface area contributed by atoms with Crippen LogP contribution < -0.4 is 9.80 Å². The first-order chi connectivity index (χ1) is 15.8. The van der Waals surface area contributed by atoms with E-state index in [0.29, 0.717) is 18.7 Å². The minimum Gasteiger partial charge on any atom is -0.371 e. The lowest BCUT2D eigenvalue weighted by molar-refractivity contribution is 0.0747. The SMILES string of the molecule is Cc1ccccc1N1CCN(C(=O)c2cc(S(=O)(=O)N(C)C)ccc2N2CCCCC2)CC1. The van der Waals surface area contributed by atoms with Crippen molar-refractivity contribution in [1.29, 1.82) is 0 Å². The highest BCUT2D eigenvalue weighted by Gasteiger charge is 2.28. The summed E-state index contributed by atoms with van der Waals surface area (Å²) in [4.78, 5) is 20.3. The second kappa shape index (κ2) is 9.73. The summed E-state index contributed by atoms with van der Waals surface area (Å²) >= 11 is 0. The number of hydrogen-bond acceptors (Lipinski definition) is 5. The Balaban J connectivity index is 1.60. The Bertz CT molecular complexity index is 1100. The van der Waals surface area contributed by atoms with Gasteiger partial charge in [0.25, 0.3) is 5.91 Å². The summed E-state index contributed by atoms with van der Waals surface area (Å²) in [5.41, 5.74) is 3.77. The van der Waals surface area contributed by atoms with Gasteiger partial charge in [-0.1, -0.05) is 18.2 Å². The minimum atomic E-state index is -3.62. The summed E-state index contributed by atoms with van der Waals surface area (Å²) in [7, 11) is -0.597. The lowest BCUT2D eigenvalue weighted by atomic mass is 10.1. The number of rotatable bonds is 5. The molecule has 7 nitrogen and oxygen atoms in total. The molecule has 2 aromatic rings. The third-order valence-corrected chi connectivity index (χ3v) is 8.51. The number of para-hydroxylation sites is 1. The van der Waals surface area contributed by atoms with Crippen LogP contribution in [-0.4, -0.2) is 76.9 Å². The molecule has 0 atom stereocenters. The highest BCUT2D eigenvalue weighted by atomic mass is 32.2. The lowest BCUT2D eigenvalue weighted by Gasteiger charge is -2.38. The van der Waals surface area contributed by atoms with Crippen LogP contribution in [0.15, 0.2) is 47.4 Å². The molecule has 2 aliphatic rings. The number of hydrogen-bond donors (Lipinski definition) is 0. The molecule has 2 heterocycles. The quantitative estimate of drug-likeness (QED) is 0.672. The molecule has 0 aliphatic carbocycles. The van der Waals surface area contributed by atoms with Crippen molar-refractivity contribution in [2.45, 2.75) is 31.1 Å². The monoisotopic (exact) mass is 470 g/mol. The highest BCUT2D eigenvalue weighted by Crippen LogP contribution is 2.30. The maximum absolute atomic E-state index is 13.7. The van der Waals surface area contributed by atoms with Crippen molar-refractivity contribution in [3.05, 3.63) is 53.6 Å². The first kappa shape index (κ1) is 23.6. The number of aryl methyl sites for hydroxylation is 1. The van der Waals surface area contributed by atoms with E-state index in [4.69, 9.17) is 0 Å². The summed E-state index contributed by atoms with van der Waals surface area (Å²) in [6, 6.07) is 13.3. The number of sulfonamides is 1. The van der Waals surface area contributed by atoms with Crippen molar-refractivity contribution in [3.8, 4) is 0 Å². The Morgan fingerprint density at radius 1 is 0.818 bits per heavy atom. The minimum absolute atomic E-state index is 0.0872. The third kappa shape index (κ3) is 4.87. The van der Waals surface area contributed by atoms with Gasteiger partial charge in [0, 0.05) is 64.7 Å². The van der Waals surface area contributed by atoms with Crippen LogP contribution in [0.25, 0.3) is 0 Å². The normalized spacial score (nSPS) is 17.5. The summed E-state index contributed by atoms with van der Waals surface area (Å²) in [5, 5.41) is 0. The van der Waals surface area contributed by atoms with Crippen molar-refractivity contribution in [2.24, 2.45) is 0 Å². The molecule has 2 fully saturated rings. The number of piperidine rings is 1. The highest BCUT2D eigenvalue weighted by molar-refractivity contribution is 7.89. The standard InChI is InChI=1S/C25H34N4O3S/c1-20-9-5-6-10-23(20)28-15-17-29(18-16-28)25(30)22-19-21(33(31,32)26(2)3)11-12-24(22)27-13-7-4-8-14-27/h5-6,9-12,19H,4,7-8,13-18H2,1-3H3. The van der Waals surface area contributed by atoms with Crippen molar-refractivity contribution in [1.82, 2.24) is 9.21 Å². The van der Waals surface area contributed by atoms with E-state index in [0.717, 1.165) is 44.7 Å². The van der Waals surface area contributed by atoms with Crippen LogP contribution in [0.4, 0.5) is 11.4 Å². The number of carbonyl (C=O) groups is 1. The Kier molecular flexibility index (Phi) is 6.95. The van der Waals surface area contributed by atoms with Gasteiger partial charge in [0.1, 0.15) is 0 Å². The summed E-state index contributed by atoms with van der Waals surface area (Å²) in [6.07, 6.45) is 3.36. The van der Waals surface area contributed by atoms with E-state index in [-0.39, 0.29) is 10.8 Å². The topological polar surface area (TPSA) is 64.2 Å². The molecular formula is C25H34N4O3S. The smallest absolute Gasteiger partial charge is 0.256 e. The molecule has 2 aliphatic heterocycles. The molecule has 2 aromatic carbocycles. The van der Waals surface area contributed by atoms with Crippen molar-refractivity contribution < 1.29 is 13.2 Å². The average molecular weight is 471 g/mol. The molecule has 4 rings (SSSR count). The van der Waals surface area contributed by atoms with E-state index in [9.17, 15) is 13.2 Å². The largest absolute Gasteiger partial charge is 0.371 e. The number of piperazine rings is 1. The van der Waals surface area contributed by atoms with E-state index in [1.165, 1.54) is 36.1 Å². The first-order valence-corrected chi connectivity index (χ1v) is 13.1. The van der Waals surface area contributed by atoms with Crippen molar-refractivity contribution >= 4 is 27.3 Å². The number of anilines is 2. The van der Waals surface area contributed by atoms with Gasteiger partial charge in [0.05, 0.1) is 10.5 Å². The van der Waals surface area contributed by atoms with Crippen LogP contribution in [0.5, 0.6) is 0 Å². The zero-order chi connectivity index (χ0) is 23.6. The molecule has 2 saturated heterocycles. The molecule has 8 heteroatoms. The Morgan fingerprint density at radius 2 is 1.45 bits per heavy atom. The van der Waals surface area contributed by atoms with Crippen molar-refractivity contribution in [2.75, 3.05) is 63.2 Å². The molecule has 33 heavy (non-hydrogen) atoms. The Morgan fingerprint density at radius 3 is 2.09 bits per heavy atom. The zero-order valence-electron chi connectivity index (χ0n) is 19.8. The maximum atomic E-state index is 13.7. The van der Waals surface area contributed by atoms with Gasteiger partial charge in [0.2, 0.25) is 10.0 Å². The number of benzene rings is 2. The molecule has 0 spiro atoms. The molecule has 0 radical (unpaired) electrons. The third-order valence-electron chi connectivity index (χ3n) is 6.70. The van der Waals surface area contributed by atoms with E-state index in [1.807, 2.05) is 23.1 Å². The fourth-order valence-electron chi connectivity index (χ4n) is 4.71. The number of carbonyl (C=O) groups excluding carboxylic acids is 1. The van der Waals surface area contributed by atoms with Crippen LogP contribution in [0.2, 0.25) is 0 Å². The van der Waals surface area contributed by atoms with E-state index < -0.39 is 10.0 Å². The van der Waals surface area contributed by atoms with Crippen LogP contribution in [0, 0.1) is 6.92 Å². The zero-order valence-corrected chi connectivity index (χ0v) is 20.6. The summed E-state index contributed by atoms with van der Waals surface area (Å²) in [5.74, 6) is -0.0872. The second-order valence-corrected chi connectivity index (χ2v) is 11.2. The lowest BCUT2D eigenvalue weighted by Crippen LogP contribution is -2.49. The van der Waals surface area contributed by atoms with Crippen molar-refractivity contribution in [3.63, 3.8) is 0 Å². The van der Waals surface area contributed by atoms with Gasteiger partial charge in [-0.2, -0.15) is 0 Å². The van der Waals surface area contributed by atoms with E-state index in [1.54, 1.807) is 12.1 Å². The molecule has 0 aromatic heterocycles. The van der Waals surface area contributed by atoms with E-state index >= 15 is 0 Å². The van der Waals surface area contributed by atoms with Gasteiger partial charge in [0.15, 0.2) is 0 Å². The fourth-order valence-corrected chi connectivity index (χ4v) is 5.64. The van der Waals surface area contributed by atoms with Gasteiger partial charge in [-0.25, -0.2) is 12.7 Å². The van der Waals surface area contributed by atoms with Gasteiger partial charge in [-0.15, -0.1) is 0 Å². The Hall–Kier alpha value is -2.58. The molecule has 1 amide bonds. The number of nitrogens with zero attached hydrogens (tertiary/aromatic N) is 4. The molecular weight excluding hydrogens is 436 g/mol. The Labute approximate surface area is 197 Å². The predicted octanol–water partition coefficient (Wildman–Crippen LogP) is 3.20. The van der Waals surface area contributed by atoms with E-state index in [2.05, 4.69) is 28.9 Å². The van der Waals surface area contributed by atoms with Gasteiger partial charge in [-0.05, 0) is 56.0 Å². The molecule has 0 bridgehead atoms. The predicted molar refractivity (Wildman–Crippen MR) is 133 cm³/mol. The summed E-state index contributed by atoms with van der Waals surface area (Å²) in [6.45, 7) is 6.61. The second-order valence-electron chi connectivity index (χ2n) is 9.08. The van der Waals surface area contributed by atoms with Crippen LogP contribution in [0.3, 0.4) is 0 Å². The summed E-state index contributed by atoms with van der Waals surface area (Å²) < 4.78 is 26.8. The molecule has 0 saturated carbocycles.